The maximum absolute atomic E-state index is 5.94. The molecule has 7 heteroatoms. The second-order valence-electron chi connectivity index (χ2n) is 7.82. The number of hydrogen-bond donors (Lipinski definition) is 2. The number of aliphatic imine (C=N–C) groups is 1. The van der Waals surface area contributed by atoms with Crippen molar-refractivity contribution in [2.24, 2.45) is 4.99 Å². The molecule has 0 saturated carbocycles. The predicted octanol–water partition coefficient (Wildman–Crippen LogP) is 4.32. The van der Waals surface area contributed by atoms with Crippen molar-refractivity contribution in [1.29, 1.82) is 0 Å². The van der Waals surface area contributed by atoms with Gasteiger partial charge in [-0.05, 0) is 56.7 Å². The van der Waals surface area contributed by atoms with Crippen LogP contribution in [0, 0.1) is 13.8 Å². The molecule has 1 atom stereocenters. The fourth-order valence-corrected chi connectivity index (χ4v) is 3.53. The first kappa shape index (κ1) is 21.5. The van der Waals surface area contributed by atoms with Crippen molar-refractivity contribution in [3.63, 3.8) is 0 Å². The van der Waals surface area contributed by atoms with E-state index >= 15 is 0 Å². The molecule has 32 heavy (non-hydrogen) atoms. The average Bonchev–Trinajstić information content (AvgIpc) is 3.22. The highest BCUT2D eigenvalue weighted by Gasteiger charge is 2.16. The second kappa shape index (κ2) is 9.60. The smallest absolute Gasteiger partial charge is 0.165 e. The Morgan fingerprint density at radius 2 is 1.94 bits per heavy atom. The highest BCUT2D eigenvalue weighted by atomic mass is 16.5. The lowest BCUT2D eigenvalue weighted by atomic mass is 10.1. The van der Waals surface area contributed by atoms with Crippen molar-refractivity contribution in [2.45, 2.75) is 26.9 Å². The lowest BCUT2D eigenvalue weighted by Gasteiger charge is -2.24. The van der Waals surface area contributed by atoms with Crippen LogP contribution in [-0.4, -0.2) is 41.8 Å². The Balaban J connectivity index is 1.52. The largest absolute Gasteiger partial charge is 0.495 e. The topological polar surface area (TPSA) is 72.7 Å². The summed E-state index contributed by atoms with van der Waals surface area (Å²) in [6, 6.07) is 14.3. The predicted molar refractivity (Wildman–Crippen MR) is 128 cm³/mol. The van der Waals surface area contributed by atoms with Crippen LogP contribution in [0.2, 0.25) is 0 Å². The summed E-state index contributed by atoms with van der Waals surface area (Å²) >= 11 is 0. The quantitative estimate of drug-likeness (QED) is 0.569. The van der Waals surface area contributed by atoms with Crippen LogP contribution < -0.4 is 15.4 Å². The van der Waals surface area contributed by atoms with E-state index in [1.807, 2.05) is 42.0 Å². The van der Waals surface area contributed by atoms with Crippen LogP contribution in [0.3, 0.4) is 0 Å². The minimum atomic E-state index is -0.0250. The zero-order valence-corrected chi connectivity index (χ0v) is 18.9. The molecule has 0 radical (unpaired) electrons. The summed E-state index contributed by atoms with van der Waals surface area (Å²) in [4.78, 5) is 8.94. The molecule has 2 aromatic carbocycles. The van der Waals surface area contributed by atoms with Crippen molar-refractivity contribution in [1.82, 2.24) is 14.9 Å². The van der Waals surface area contributed by atoms with Gasteiger partial charge in [0.05, 0.1) is 37.5 Å². The molecule has 0 amide bonds. The molecule has 1 aliphatic heterocycles. The minimum absolute atomic E-state index is 0.0250. The van der Waals surface area contributed by atoms with Gasteiger partial charge in [-0.2, -0.15) is 0 Å². The van der Waals surface area contributed by atoms with E-state index in [0.29, 0.717) is 18.9 Å². The standard InChI is InChI=1S/C25H29N5O2/c1-17-5-8-21(9-6-17)28-19(3)29-25-24(32-12-11-26-25)14-20-7-10-22(23(13-20)31-4)30-15-18(2)27-16-30/h5-10,13-16,19,28H,11-12H2,1-4H3,(H,26,29)/b24-14-. The van der Waals surface area contributed by atoms with E-state index in [1.165, 1.54) is 5.56 Å². The molecule has 1 aliphatic rings. The number of aryl methyl sites for hydroxylation is 2. The number of aromatic nitrogens is 2. The van der Waals surface area contributed by atoms with E-state index in [9.17, 15) is 0 Å². The molecule has 0 fully saturated rings. The van der Waals surface area contributed by atoms with Crippen molar-refractivity contribution < 1.29 is 9.47 Å². The summed E-state index contributed by atoms with van der Waals surface area (Å²) in [6.45, 7) is 7.28. The van der Waals surface area contributed by atoms with Crippen molar-refractivity contribution in [3.8, 4) is 11.4 Å². The van der Waals surface area contributed by atoms with Gasteiger partial charge < -0.3 is 24.7 Å². The summed E-state index contributed by atoms with van der Waals surface area (Å²) in [5.41, 5.74) is 5.13. The number of methoxy groups -OCH3 is 1. The van der Waals surface area contributed by atoms with E-state index < -0.39 is 0 Å². The molecular formula is C25H29N5O2. The number of ether oxygens (including phenoxy) is 2. The van der Waals surface area contributed by atoms with Crippen LogP contribution in [0.15, 0.2) is 65.7 Å². The van der Waals surface area contributed by atoms with E-state index in [2.05, 4.69) is 58.7 Å². The fourth-order valence-electron chi connectivity index (χ4n) is 3.53. The number of amidine groups is 1. The highest BCUT2D eigenvalue weighted by molar-refractivity contribution is 6.01. The molecule has 0 spiro atoms. The van der Waals surface area contributed by atoms with Crippen LogP contribution in [-0.2, 0) is 4.74 Å². The van der Waals surface area contributed by atoms with E-state index in [4.69, 9.17) is 9.47 Å². The summed E-state index contributed by atoms with van der Waals surface area (Å²) in [5, 5.41) is 6.87. The van der Waals surface area contributed by atoms with E-state index in [-0.39, 0.29) is 6.17 Å². The third kappa shape index (κ3) is 5.11. The molecule has 3 aromatic rings. The Hall–Kier alpha value is -3.74. The number of nitrogens with zero attached hydrogens (tertiary/aromatic N) is 3. The number of hydrogen-bond acceptors (Lipinski definition) is 6. The van der Waals surface area contributed by atoms with Crippen LogP contribution in [0.5, 0.6) is 5.75 Å². The van der Waals surface area contributed by atoms with Crippen molar-refractivity contribution in [3.05, 3.63) is 77.6 Å². The third-order valence-electron chi connectivity index (χ3n) is 5.13. The Morgan fingerprint density at radius 3 is 2.66 bits per heavy atom. The van der Waals surface area contributed by atoms with Gasteiger partial charge in [0.1, 0.15) is 12.4 Å². The van der Waals surface area contributed by atoms with Crippen molar-refractivity contribution in [2.75, 3.05) is 25.6 Å². The maximum atomic E-state index is 5.94. The zero-order valence-electron chi connectivity index (χ0n) is 18.9. The first-order valence-electron chi connectivity index (χ1n) is 10.7. The lowest BCUT2D eigenvalue weighted by Crippen LogP contribution is -2.41. The van der Waals surface area contributed by atoms with Crippen molar-refractivity contribution >= 4 is 17.6 Å². The number of anilines is 1. The number of imidazole rings is 1. The van der Waals surface area contributed by atoms with Crippen LogP contribution in [0.4, 0.5) is 5.69 Å². The summed E-state index contributed by atoms with van der Waals surface area (Å²) < 4.78 is 13.5. The lowest BCUT2D eigenvalue weighted by molar-refractivity contribution is 0.232. The summed E-state index contributed by atoms with van der Waals surface area (Å²) in [6.07, 6.45) is 5.71. The second-order valence-corrected chi connectivity index (χ2v) is 7.82. The molecule has 0 aliphatic carbocycles. The molecule has 2 N–H and O–H groups in total. The van der Waals surface area contributed by atoms with Gasteiger partial charge >= 0.3 is 0 Å². The molecule has 1 aromatic heterocycles. The van der Waals surface area contributed by atoms with Gasteiger partial charge in [0, 0.05) is 11.9 Å². The normalized spacial score (nSPS) is 15.6. The first-order valence-corrected chi connectivity index (χ1v) is 10.7. The molecular weight excluding hydrogens is 402 g/mol. The van der Waals surface area contributed by atoms with Gasteiger partial charge in [-0.15, -0.1) is 0 Å². The van der Waals surface area contributed by atoms with Gasteiger partial charge in [-0.1, -0.05) is 23.8 Å². The molecule has 7 nitrogen and oxygen atoms in total. The minimum Gasteiger partial charge on any atom is -0.495 e. The maximum Gasteiger partial charge on any atom is 0.165 e. The highest BCUT2D eigenvalue weighted by Crippen LogP contribution is 2.26. The molecule has 4 rings (SSSR count). The molecule has 166 valence electrons. The number of rotatable bonds is 6. The summed E-state index contributed by atoms with van der Waals surface area (Å²) in [5.74, 6) is 2.20. The monoisotopic (exact) mass is 431 g/mol. The number of benzene rings is 2. The Bertz CT molecular complexity index is 1130. The van der Waals surface area contributed by atoms with Crippen LogP contribution >= 0.6 is 0 Å². The van der Waals surface area contributed by atoms with Gasteiger partial charge in [0.25, 0.3) is 0 Å². The van der Waals surface area contributed by atoms with E-state index in [1.54, 1.807) is 13.4 Å². The average molecular weight is 432 g/mol. The van der Waals surface area contributed by atoms with Gasteiger partial charge in [0.15, 0.2) is 11.6 Å². The van der Waals surface area contributed by atoms with Gasteiger partial charge in [-0.3, -0.25) is 4.99 Å². The van der Waals surface area contributed by atoms with Gasteiger partial charge in [-0.25, -0.2) is 4.98 Å². The van der Waals surface area contributed by atoms with E-state index in [0.717, 1.165) is 34.2 Å². The van der Waals surface area contributed by atoms with Gasteiger partial charge in [0.2, 0.25) is 0 Å². The molecule has 0 saturated heterocycles. The molecule has 0 bridgehead atoms. The zero-order chi connectivity index (χ0) is 22.5. The molecule has 2 heterocycles. The number of nitrogens with one attached hydrogen (secondary N) is 2. The first-order chi connectivity index (χ1) is 15.5. The Morgan fingerprint density at radius 1 is 1.12 bits per heavy atom. The molecule has 1 unspecified atom stereocenters. The third-order valence-corrected chi connectivity index (χ3v) is 5.13. The SMILES string of the molecule is COc1cc(/C=C2\OCCN=C2NC(C)Nc2ccc(C)cc2)ccc1-n1cnc(C)c1. The summed E-state index contributed by atoms with van der Waals surface area (Å²) in [7, 11) is 1.67. The van der Waals surface area contributed by atoms with Crippen LogP contribution in [0.1, 0.15) is 23.7 Å². The Labute approximate surface area is 188 Å². The van der Waals surface area contributed by atoms with Crippen LogP contribution in [0.25, 0.3) is 11.8 Å². The fraction of sp³-hybridized carbons (Fsp3) is 0.280. The Kier molecular flexibility index (Phi) is 6.44.